The predicted octanol–water partition coefficient (Wildman–Crippen LogP) is 3.13. The molecule has 0 saturated carbocycles. The average Bonchev–Trinajstić information content (AvgIpc) is 3.18. The van der Waals surface area contributed by atoms with E-state index in [0.29, 0.717) is 22.2 Å². The summed E-state index contributed by atoms with van der Waals surface area (Å²) < 4.78 is 6.48. The molecule has 0 unspecified atom stereocenters. The van der Waals surface area contributed by atoms with Gasteiger partial charge >= 0.3 is 5.97 Å². The minimum Gasteiger partial charge on any atom is -0.465 e. The van der Waals surface area contributed by atoms with Gasteiger partial charge in [0, 0.05) is 12.6 Å². The number of aryl methyl sites for hydroxylation is 1. The lowest BCUT2D eigenvalue weighted by molar-refractivity contribution is -0.113. The van der Waals surface area contributed by atoms with Crippen LogP contribution in [0.5, 0.6) is 0 Å². The standard InChI is InChI=1S/C23H25N5O4S/c1-14-9-11-16(12-10-14)21(30)24-15(2)20-26-27-23(28(20)3)33-13-19(29)25-18-8-6-5-7-17(18)22(31)32-4/h5-12,15H,13H2,1-4H3,(H,24,30)(H,25,29)/t15-/m1/s1. The lowest BCUT2D eigenvalue weighted by Crippen LogP contribution is -2.28. The summed E-state index contributed by atoms with van der Waals surface area (Å²) in [6.07, 6.45) is 0. The molecule has 0 aliphatic rings. The highest BCUT2D eigenvalue weighted by Gasteiger charge is 2.19. The maximum atomic E-state index is 12.5. The van der Waals surface area contributed by atoms with E-state index in [9.17, 15) is 14.4 Å². The smallest absolute Gasteiger partial charge is 0.339 e. The van der Waals surface area contributed by atoms with Gasteiger partial charge in [-0.25, -0.2) is 4.79 Å². The number of hydrogen-bond donors (Lipinski definition) is 2. The second-order valence-electron chi connectivity index (χ2n) is 7.33. The topological polar surface area (TPSA) is 115 Å². The highest BCUT2D eigenvalue weighted by Crippen LogP contribution is 2.21. The van der Waals surface area contributed by atoms with Gasteiger partial charge in [0.15, 0.2) is 11.0 Å². The third-order valence-electron chi connectivity index (χ3n) is 4.86. The number of anilines is 1. The van der Waals surface area contributed by atoms with Crippen LogP contribution >= 0.6 is 11.8 Å². The molecule has 0 saturated heterocycles. The van der Waals surface area contributed by atoms with Gasteiger partial charge in [0.1, 0.15) is 0 Å². The first-order chi connectivity index (χ1) is 15.8. The Kier molecular flexibility index (Phi) is 7.83. The Labute approximate surface area is 195 Å². The molecule has 0 spiro atoms. The third kappa shape index (κ3) is 5.98. The van der Waals surface area contributed by atoms with Crippen molar-refractivity contribution in [2.45, 2.75) is 25.0 Å². The summed E-state index contributed by atoms with van der Waals surface area (Å²) in [5, 5.41) is 14.5. The summed E-state index contributed by atoms with van der Waals surface area (Å²) >= 11 is 1.20. The molecule has 9 nitrogen and oxygen atoms in total. The minimum atomic E-state index is -0.529. The van der Waals surface area contributed by atoms with Gasteiger partial charge in [0.25, 0.3) is 5.91 Å². The molecule has 3 rings (SSSR count). The summed E-state index contributed by atoms with van der Waals surface area (Å²) in [5.41, 5.74) is 2.29. The molecule has 0 fully saturated rings. The zero-order valence-corrected chi connectivity index (χ0v) is 19.6. The number of esters is 1. The Morgan fingerprint density at radius 2 is 1.79 bits per heavy atom. The number of nitrogens with one attached hydrogen (secondary N) is 2. The second-order valence-corrected chi connectivity index (χ2v) is 8.28. The molecule has 0 radical (unpaired) electrons. The first-order valence-corrected chi connectivity index (χ1v) is 11.2. The molecular weight excluding hydrogens is 442 g/mol. The number of rotatable bonds is 8. The normalized spacial score (nSPS) is 11.5. The van der Waals surface area contributed by atoms with Gasteiger partial charge in [-0.3, -0.25) is 9.59 Å². The molecule has 0 aliphatic carbocycles. The molecule has 10 heteroatoms. The number of para-hydroxylation sites is 1. The number of methoxy groups -OCH3 is 1. The SMILES string of the molecule is COC(=O)c1ccccc1NC(=O)CSc1nnc([C@@H](C)NC(=O)c2ccc(C)cc2)n1C. The van der Waals surface area contributed by atoms with E-state index in [4.69, 9.17) is 4.74 Å². The molecule has 0 aliphatic heterocycles. The van der Waals surface area contributed by atoms with Gasteiger partial charge < -0.3 is 19.9 Å². The Balaban J connectivity index is 1.60. The van der Waals surface area contributed by atoms with Crippen LogP contribution in [0.4, 0.5) is 5.69 Å². The highest BCUT2D eigenvalue weighted by atomic mass is 32.2. The summed E-state index contributed by atoms with van der Waals surface area (Å²) in [7, 11) is 3.06. The van der Waals surface area contributed by atoms with Crippen LogP contribution < -0.4 is 10.6 Å². The van der Waals surface area contributed by atoms with E-state index in [0.717, 1.165) is 5.56 Å². The number of amides is 2. The highest BCUT2D eigenvalue weighted by molar-refractivity contribution is 7.99. The van der Waals surface area contributed by atoms with Crippen LogP contribution in [-0.2, 0) is 16.6 Å². The van der Waals surface area contributed by atoms with Crippen molar-refractivity contribution in [1.82, 2.24) is 20.1 Å². The zero-order valence-electron chi connectivity index (χ0n) is 18.8. The number of benzene rings is 2. The molecule has 1 atom stereocenters. The van der Waals surface area contributed by atoms with Crippen molar-refractivity contribution in [2.24, 2.45) is 7.05 Å². The Morgan fingerprint density at radius 1 is 1.09 bits per heavy atom. The van der Waals surface area contributed by atoms with Crippen LogP contribution in [0.25, 0.3) is 0 Å². The van der Waals surface area contributed by atoms with Gasteiger partial charge in [0.05, 0.1) is 30.2 Å². The quantitative estimate of drug-likeness (QED) is 0.386. The van der Waals surface area contributed by atoms with Gasteiger partial charge in [0.2, 0.25) is 5.91 Å². The van der Waals surface area contributed by atoms with Gasteiger partial charge in [-0.05, 0) is 38.1 Å². The van der Waals surface area contributed by atoms with Gasteiger partial charge in [-0.2, -0.15) is 0 Å². The lowest BCUT2D eigenvalue weighted by Gasteiger charge is -2.14. The van der Waals surface area contributed by atoms with Crippen molar-refractivity contribution in [3.63, 3.8) is 0 Å². The van der Waals surface area contributed by atoms with Crippen LogP contribution in [0.2, 0.25) is 0 Å². The number of nitrogens with zero attached hydrogens (tertiary/aromatic N) is 3. The predicted molar refractivity (Wildman–Crippen MR) is 125 cm³/mol. The van der Waals surface area contributed by atoms with E-state index in [2.05, 4.69) is 20.8 Å². The van der Waals surface area contributed by atoms with Crippen molar-refractivity contribution < 1.29 is 19.1 Å². The summed E-state index contributed by atoms with van der Waals surface area (Å²) in [4.78, 5) is 36.8. The first kappa shape index (κ1) is 24.0. The van der Waals surface area contributed by atoms with Crippen LogP contribution in [-0.4, -0.2) is 45.4 Å². The van der Waals surface area contributed by atoms with E-state index in [1.807, 2.05) is 26.0 Å². The number of carbonyl (C=O) groups is 3. The lowest BCUT2D eigenvalue weighted by atomic mass is 10.1. The van der Waals surface area contributed by atoms with Crippen molar-refractivity contribution in [3.8, 4) is 0 Å². The molecule has 33 heavy (non-hydrogen) atoms. The molecule has 172 valence electrons. The number of thioether (sulfide) groups is 1. The molecule has 2 aromatic carbocycles. The summed E-state index contributed by atoms with van der Waals surface area (Å²) in [6.45, 7) is 3.78. The monoisotopic (exact) mass is 467 g/mol. The Morgan fingerprint density at radius 3 is 2.48 bits per heavy atom. The van der Waals surface area contributed by atoms with E-state index in [1.54, 1.807) is 48.0 Å². The number of hydrogen-bond acceptors (Lipinski definition) is 7. The zero-order chi connectivity index (χ0) is 24.0. The largest absolute Gasteiger partial charge is 0.465 e. The van der Waals surface area contributed by atoms with Gasteiger partial charge in [-0.1, -0.05) is 41.6 Å². The fourth-order valence-electron chi connectivity index (χ4n) is 3.07. The van der Waals surface area contributed by atoms with E-state index in [1.165, 1.54) is 18.9 Å². The van der Waals surface area contributed by atoms with Crippen molar-refractivity contribution in [3.05, 3.63) is 71.0 Å². The summed E-state index contributed by atoms with van der Waals surface area (Å²) in [6, 6.07) is 13.5. The van der Waals surface area contributed by atoms with Crippen molar-refractivity contribution in [2.75, 3.05) is 18.2 Å². The molecule has 2 amide bonds. The molecule has 1 aromatic heterocycles. The maximum absolute atomic E-state index is 12.5. The average molecular weight is 468 g/mol. The minimum absolute atomic E-state index is 0.0611. The molecule has 1 heterocycles. The van der Waals surface area contributed by atoms with E-state index in [-0.39, 0.29) is 29.2 Å². The van der Waals surface area contributed by atoms with Crippen LogP contribution in [0.15, 0.2) is 53.7 Å². The van der Waals surface area contributed by atoms with E-state index >= 15 is 0 Å². The number of aromatic nitrogens is 3. The fraction of sp³-hybridized carbons (Fsp3) is 0.261. The molecule has 2 N–H and O–H groups in total. The maximum Gasteiger partial charge on any atom is 0.339 e. The van der Waals surface area contributed by atoms with Crippen LogP contribution in [0, 0.1) is 6.92 Å². The van der Waals surface area contributed by atoms with Gasteiger partial charge in [-0.15, -0.1) is 10.2 Å². The first-order valence-electron chi connectivity index (χ1n) is 10.2. The second kappa shape index (κ2) is 10.8. The van der Waals surface area contributed by atoms with Crippen molar-refractivity contribution in [1.29, 1.82) is 0 Å². The Hall–Kier alpha value is -3.66. The summed E-state index contributed by atoms with van der Waals surface area (Å²) in [5.74, 6) is -0.413. The number of ether oxygens (including phenoxy) is 1. The van der Waals surface area contributed by atoms with Crippen molar-refractivity contribution >= 4 is 35.2 Å². The third-order valence-corrected chi connectivity index (χ3v) is 5.88. The van der Waals surface area contributed by atoms with Crippen LogP contribution in [0.3, 0.4) is 0 Å². The molecule has 0 bridgehead atoms. The number of carbonyl (C=O) groups excluding carboxylic acids is 3. The van der Waals surface area contributed by atoms with E-state index < -0.39 is 5.97 Å². The Bertz CT molecular complexity index is 1160. The van der Waals surface area contributed by atoms with Crippen LogP contribution in [0.1, 0.15) is 45.1 Å². The molecule has 3 aromatic rings. The molecular formula is C23H25N5O4S. The fourth-order valence-corrected chi connectivity index (χ4v) is 3.79.